The van der Waals surface area contributed by atoms with E-state index in [0.29, 0.717) is 11.3 Å². The molecule has 3 aromatic carbocycles. The van der Waals surface area contributed by atoms with Crippen LogP contribution in [0.2, 0.25) is 0 Å². The Morgan fingerprint density at radius 3 is 2.42 bits per heavy atom. The van der Waals surface area contributed by atoms with Crippen molar-refractivity contribution in [1.29, 1.82) is 0 Å². The first-order valence-corrected chi connectivity index (χ1v) is 10.0. The maximum absolute atomic E-state index is 12.6. The summed E-state index contributed by atoms with van der Waals surface area (Å²) in [6, 6.07) is 25.8. The third-order valence-corrected chi connectivity index (χ3v) is 5.23. The molecule has 1 aliphatic carbocycles. The fourth-order valence-electron chi connectivity index (χ4n) is 3.47. The number of carbonyl (C=O) groups excluding carboxylic acids is 1. The van der Waals surface area contributed by atoms with Crippen LogP contribution in [0.15, 0.2) is 96.1 Å². The molecule has 0 radical (unpaired) electrons. The lowest BCUT2D eigenvalue weighted by atomic mass is 10.1. The summed E-state index contributed by atoms with van der Waals surface area (Å²) in [4.78, 5) is 23.3. The number of hydrazone groups is 1. The van der Waals surface area contributed by atoms with Crippen LogP contribution in [-0.4, -0.2) is 16.5 Å². The van der Waals surface area contributed by atoms with Gasteiger partial charge in [0, 0.05) is 23.6 Å². The molecular weight excluding hydrogens is 390 g/mol. The Bertz CT molecular complexity index is 1140. The molecule has 0 heterocycles. The van der Waals surface area contributed by atoms with Crippen molar-refractivity contribution in [2.24, 2.45) is 11.0 Å². The number of hydrogen-bond donors (Lipinski definition) is 1. The van der Waals surface area contributed by atoms with Crippen LogP contribution < -0.4 is 5.43 Å². The van der Waals surface area contributed by atoms with Gasteiger partial charge in [0.05, 0.1) is 10.6 Å². The minimum atomic E-state index is -0.449. The summed E-state index contributed by atoms with van der Waals surface area (Å²) in [5, 5.41) is 15.5. The van der Waals surface area contributed by atoms with Crippen molar-refractivity contribution in [2.45, 2.75) is 12.3 Å². The van der Waals surface area contributed by atoms with E-state index in [1.165, 1.54) is 12.1 Å². The van der Waals surface area contributed by atoms with Crippen LogP contribution in [-0.2, 0) is 4.79 Å². The fourth-order valence-corrected chi connectivity index (χ4v) is 3.47. The summed E-state index contributed by atoms with van der Waals surface area (Å²) in [7, 11) is 0. The van der Waals surface area contributed by atoms with E-state index in [-0.39, 0.29) is 23.4 Å². The molecule has 0 saturated heterocycles. The van der Waals surface area contributed by atoms with E-state index in [1.54, 1.807) is 18.2 Å². The second-order valence-corrected chi connectivity index (χ2v) is 7.38. The lowest BCUT2D eigenvalue weighted by Crippen LogP contribution is -2.21. The predicted molar refractivity (Wildman–Crippen MR) is 121 cm³/mol. The molecule has 154 valence electrons. The molecule has 1 amide bonds. The van der Waals surface area contributed by atoms with E-state index in [4.69, 9.17) is 0 Å². The normalized spacial score (nSPS) is 18.0. The van der Waals surface area contributed by atoms with E-state index >= 15 is 0 Å². The molecule has 1 saturated carbocycles. The molecule has 0 aromatic heterocycles. The molecule has 1 aliphatic rings. The lowest BCUT2D eigenvalue weighted by Gasteiger charge is -2.05. The highest BCUT2D eigenvalue weighted by atomic mass is 16.6. The average Bonchev–Trinajstić information content (AvgIpc) is 3.61. The van der Waals surface area contributed by atoms with Gasteiger partial charge in [-0.25, -0.2) is 5.43 Å². The van der Waals surface area contributed by atoms with Gasteiger partial charge >= 0.3 is 0 Å². The van der Waals surface area contributed by atoms with E-state index in [1.807, 2.05) is 66.7 Å². The molecule has 0 spiro atoms. The van der Waals surface area contributed by atoms with Crippen molar-refractivity contribution >= 4 is 23.4 Å². The van der Waals surface area contributed by atoms with Gasteiger partial charge in [0.1, 0.15) is 0 Å². The number of carbonyl (C=O) groups is 1. The number of nitrogens with zero attached hydrogens (tertiary/aromatic N) is 2. The van der Waals surface area contributed by atoms with E-state index in [9.17, 15) is 14.9 Å². The second-order valence-electron chi connectivity index (χ2n) is 7.38. The summed E-state index contributed by atoms with van der Waals surface area (Å²) in [5.41, 5.74) is 5.72. The summed E-state index contributed by atoms with van der Waals surface area (Å²) >= 11 is 0. The third-order valence-electron chi connectivity index (χ3n) is 5.23. The standard InChI is InChI=1S/C25H21N3O3/c29-25(23-17-22(23)19-10-5-2-6-11-19)27-26-24(15-14-18-8-3-1-4-9-18)20-12-7-13-21(16-20)28(30)31/h1-16,22-23H,17H2,(H,27,29). The molecule has 3 aromatic rings. The maximum Gasteiger partial charge on any atom is 0.270 e. The summed E-state index contributed by atoms with van der Waals surface area (Å²) in [6.07, 6.45) is 4.39. The van der Waals surface area contributed by atoms with Gasteiger partial charge in [-0.3, -0.25) is 14.9 Å². The van der Waals surface area contributed by atoms with Crippen molar-refractivity contribution in [1.82, 2.24) is 5.43 Å². The Morgan fingerprint density at radius 1 is 1.00 bits per heavy atom. The van der Waals surface area contributed by atoms with Crippen molar-refractivity contribution in [3.63, 3.8) is 0 Å². The monoisotopic (exact) mass is 411 g/mol. The first-order valence-electron chi connectivity index (χ1n) is 10.0. The highest BCUT2D eigenvalue weighted by molar-refractivity contribution is 6.11. The number of benzene rings is 3. The Labute approximate surface area is 180 Å². The largest absolute Gasteiger partial charge is 0.273 e. The minimum Gasteiger partial charge on any atom is -0.273 e. The van der Waals surface area contributed by atoms with E-state index < -0.39 is 4.92 Å². The van der Waals surface area contributed by atoms with Gasteiger partial charge in [-0.05, 0) is 29.5 Å². The van der Waals surface area contributed by atoms with Gasteiger partial charge in [-0.15, -0.1) is 0 Å². The highest BCUT2D eigenvalue weighted by Crippen LogP contribution is 2.47. The third kappa shape index (κ3) is 5.11. The van der Waals surface area contributed by atoms with Gasteiger partial charge in [-0.1, -0.05) is 78.9 Å². The minimum absolute atomic E-state index is 0.0315. The molecular formula is C25H21N3O3. The quantitative estimate of drug-likeness (QED) is 0.340. The predicted octanol–water partition coefficient (Wildman–Crippen LogP) is 4.93. The van der Waals surface area contributed by atoms with Gasteiger partial charge in [0.15, 0.2) is 0 Å². The number of allylic oxidation sites excluding steroid dienone is 1. The zero-order valence-electron chi connectivity index (χ0n) is 16.7. The van der Waals surface area contributed by atoms with Gasteiger partial charge < -0.3 is 0 Å². The SMILES string of the molecule is O=C(NN=C(C=Cc1ccccc1)c1cccc([N+](=O)[O-])c1)C1CC1c1ccccc1. The molecule has 0 aliphatic heterocycles. The highest BCUT2D eigenvalue weighted by Gasteiger charge is 2.43. The van der Waals surface area contributed by atoms with Crippen LogP contribution in [0, 0.1) is 16.0 Å². The molecule has 2 unspecified atom stereocenters. The number of nitro groups is 1. The lowest BCUT2D eigenvalue weighted by molar-refractivity contribution is -0.384. The van der Waals surface area contributed by atoms with Gasteiger partial charge in [-0.2, -0.15) is 5.10 Å². The first-order chi connectivity index (χ1) is 15.1. The Morgan fingerprint density at radius 2 is 1.71 bits per heavy atom. The zero-order chi connectivity index (χ0) is 21.6. The summed E-state index contributed by atoms with van der Waals surface area (Å²) in [5.74, 6) is -0.0574. The Hall–Kier alpha value is -4.06. The van der Waals surface area contributed by atoms with Gasteiger partial charge in [0.25, 0.3) is 5.69 Å². The molecule has 4 rings (SSSR count). The maximum atomic E-state index is 12.6. The second kappa shape index (κ2) is 9.17. The molecule has 1 fully saturated rings. The zero-order valence-corrected chi connectivity index (χ0v) is 16.7. The molecule has 31 heavy (non-hydrogen) atoms. The molecule has 6 heteroatoms. The average molecular weight is 411 g/mol. The van der Waals surface area contributed by atoms with Crippen molar-refractivity contribution in [2.75, 3.05) is 0 Å². The van der Waals surface area contributed by atoms with Crippen LogP contribution in [0.5, 0.6) is 0 Å². The number of non-ortho nitro benzene ring substituents is 1. The number of hydrogen-bond acceptors (Lipinski definition) is 4. The van der Waals surface area contributed by atoms with Crippen LogP contribution in [0.4, 0.5) is 5.69 Å². The molecule has 1 N–H and O–H groups in total. The first kappa shape index (κ1) is 20.2. The summed E-state index contributed by atoms with van der Waals surface area (Å²) < 4.78 is 0. The van der Waals surface area contributed by atoms with Crippen LogP contribution in [0.3, 0.4) is 0 Å². The topological polar surface area (TPSA) is 84.6 Å². The number of nitro benzene ring substituents is 1. The molecule has 6 nitrogen and oxygen atoms in total. The van der Waals surface area contributed by atoms with E-state index in [2.05, 4.69) is 10.5 Å². The van der Waals surface area contributed by atoms with E-state index in [0.717, 1.165) is 17.5 Å². The Kier molecular flexibility index (Phi) is 5.98. The summed E-state index contributed by atoms with van der Waals surface area (Å²) in [6.45, 7) is 0. The van der Waals surface area contributed by atoms with Crippen LogP contribution >= 0.6 is 0 Å². The van der Waals surface area contributed by atoms with Crippen molar-refractivity contribution < 1.29 is 9.72 Å². The number of nitrogens with one attached hydrogen (secondary N) is 1. The smallest absolute Gasteiger partial charge is 0.270 e. The fraction of sp³-hybridized carbons (Fsp3) is 0.120. The van der Waals surface area contributed by atoms with Crippen LogP contribution in [0.1, 0.15) is 29.0 Å². The van der Waals surface area contributed by atoms with Crippen molar-refractivity contribution in [3.8, 4) is 0 Å². The van der Waals surface area contributed by atoms with Crippen LogP contribution in [0.25, 0.3) is 6.08 Å². The Balaban J connectivity index is 1.54. The van der Waals surface area contributed by atoms with Gasteiger partial charge in [0.2, 0.25) is 5.91 Å². The number of amides is 1. The van der Waals surface area contributed by atoms with Crippen molar-refractivity contribution in [3.05, 3.63) is 118 Å². The molecule has 0 bridgehead atoms. The number of rotatable bonds is 7. The molecule has 2 atom stereocenters.